The van der Waals surface area contributed by atoms with Gasteiger partial charge in [0, 0.05) is 29.4 Å². The van der Waals surface area contributed by atoms with Gasteiger partial charge in [-0.25, -0.2) is 0 Å². The zero-order valence-electron chi connectivity index (χ0n) is 14.1. The Hall–Kier alpha value is -3.65. The maximum absolute atomic E-state index is 12.7. The number of rotatable bonds is 3. The summed E-state index contributed by atoms with van der Waals surface area (Å²) in [5, 5.41) is 10.0. The van der Waals surface area contributed by atoms with E-state index >= 15 is 0 Å². The van der Waals surface area contributed by atoms with Crippen molar-refractivity contribution in [3.05, 3.63) is 71.9 Å². The van der Waals surface area contributed by atoms with E-state index in [-0.39, 0.29) is 12.5 Å². The molecule has 1 aromatic heterocycles. The van der Waals surface area contributed by atoms with Gasteiger partial charge in [0.25, 0.3) is 5.91 Å². The summed E-state index contributed by atoms with van der Waals surface area (Å²) in [6.45, 7) is 4.30. The van der Waals surface area contributed by atoms with Crippen LogP contribution in [0, 0.1) is 11.3 Å². The van der Waals surface area contributed by atoms with Crippen molar-refractivity contribution in [2.75, 3.05) is 12.3 Å². The first-order chi connectivity index (χ1) is 12.6. The average molecular weight is 340 g/mol. The minimum Gasteiger partial charge on any atom is -0.398 e. The second-order valence-corrected chi connectivity index (χ2v) is 6.34. The molecule has 1 aliphatic heterocycles. The number of fused-ring (bicyclic) bond motifs is 2. The number of hydrogen-bond acceptors (Lipinski definition) is 4. The van der Waals surface area contributed by atoms with Gasteiger partial charge in [0.1, 0.15) is 0 Å². The van der Waals surface area contributed by atoms with Crippen molar-refractivity contribution in [1.29, 1.82) is 5.26 Å². The number of nitrogen functional groups attached to an aromatic ring is 1. The number of amides is 1. The zero-order valence-corrected chi connectivity index (χ0v) is 14.1. The van der Waals surface area contributed by atoms with Crippen molar-refractivity contribution < 1.29 is 4.79 Å². The molecule has 0 atom stereocenters. The van der Waals surface area contributed by atoms with Crippen molar-refractivity contribution in [3.8, 4) is 17.2 Å². The van der Waals surface area contributed by atoms with Crippen molar-refractivity contribution in [1.82, 2.24) is 9.88 Å². The fraction of sp³-hybridized carbons (Fsp3) is 0.0952. The fourth-order valence-electron chi connectivity index (χ4n) is 3.40. The summed E-state index contributed by atoms with van der Waals surface area (Å²) in [6.07, 6.45) is 1.76. The van der Waals surface area contributed by atoms with Crippen LogP contribution in [0.2, 0.25) is 0 Å². The molecule has 0 fully saturated rings. The standard InChI is InChI=1S/C21H16N4O/c1-13(10-22)11-25-12-17-16(6-7-18(23)20(17)21(25)26)15-5-4-14-3-2-8-24-19(14)9-15/h2-9H,1,11-12,23H2. The number of carbonyl (C=O) groups is 1. The lowest BCUT2D eigenvalue weighted by Crippen LogP contribution is -2.26. The smallest absolute Gasteiger partial charge is 0.256 e. The number of aromatic nitrogens is 1. The first-order valence-corrected chi connectivity index (χ1v) is 8.22. The predicted octanol–water partition coefficient (Wildman–Crippen LogP) is 3.52. The number of nitrogens with two attached hydrogens (primary N) is 1. The van der Waals surface area contributed by atoms with E-state index in [1.54, 1.807) is 17.2 Å². The summed E-state index contributed by atoms with van der Waals surface area (Å²) in [6, 6.07) is 15.7. The molecule has 3 aromatic rings. The normalized spacial score (nSPS) is 12.9. The second kappa shape index (κ2) is 6.01. The first kappa shape index (κ1) is 15.9. The summed E-state index contributed by atoms with van der Waals surface area (Å²) < 4.78 is 0. The molecule has 0 unspecified atom stereocenters. The van der Waals surface area contributed by atoms with E-state index in [2.05, 4.69) is 11.6 Å². The molecule has 1 amide bonds. The van der Waals surface area contributed by atoms with Gasteiger partial charge in [-0.05, 0) is 34.9 Å². The predicted molar refractivity (Wildman–Crippen MR) is 101 cm³/mol. The number of carbonyl (C=O) groups excluding carboxylic acids is 1. The number of hydrogen-bond donors (Lipinski definition) is 1. The highest BCUT2D eigenvalue weighted by Crippen LogP contribution is 2.36. The molecule has 2 aromatic carbocycles. The number of nitrogens with zero attached hydrogens (tertiary/aromatic N) is 3. The molecule has 0 saturated heterocycles. The van der Waals surface area contributed by atoms with Crippen LogP contribution >= 0.6 is 0 Å². The highest BCUT2D eigenvalue weighted by Gasteiger charge is 2.32. The molecule has 0 spiro atoms. The molecule has 5 heteroatoms. The maximum Gasteiger partial charge on any atom is 0.256 e. The third-order valence-electron chi connectivity index (χ3n) is 4.65. The lowest BCUT2D eigenvalue weighted by atomic mass is 9.95. The van der Waals surface area contributed by atoms with Crippen LogP contribution in [-0.4, -0.2) is 22.3 Å². The van der Waals surface area contributed by atoms with E-state index < -0.39 is 0 Å². The van der Waals surface area contributed by atoms with Crippen molar-refractivity contribution in [3.63, 3.8) is 0 Å². The Labute approximate surface area is 151 Å². The third kappa shape index (κ3) is 2.49. The van der Waals surface area contributed by atoms with Crippen molar-refractivity contribution in [2.24, 2.45) is 0 Å². The molecule has 2 N–H and O–H groups in total. The van der Waals surface area contributed by atoms with E-state index in [4.69, 9.17) is 11.0 Å². The second-order valence-electron chi connectivity index (χ2n) is 6.34. The fourth-order valence-corrected chi connectivity index (χ4v) is 3.40. The Kier molecular flexibility index (Phi) is 3.67. The quantitative estimate of drug-likeness (QED) is 0.584. The highest BCUT2D eigenvalue weighted by molar-refractivity contribution is 6.05. The van der Waals surface area contributed by atoms with Crippen LogP contribution in [0.25, 0.3) is 22.0 Å². The van der Waals surface area contributed by atoms with Crippen LogP contribution < -0.4 is 5.73 Å². The summed E-state index contributed by atoms with van der Waals surface area (Å²) in [4.78, 5) is 18.8. The molecule has 2 heterocycles. The van der Waals surface area contributed by atoms with E-state index in [1.807, 2.05) is 42.5 Å². The molecule has 4 rings (SSSR count). The molecule has 0 bridgehead atoms. The van der Waals surface area contributed by atoms with Crippen LogP contribution in [0.1, 0.15) is 15.9 Å². The van der Waals surface area contributed by atoms with Crippen LogP contribution in [0.4, 0.5) is 5.69 Å². The monoisotopic (exact) mass is 340 g/mol. The average Bonchev–Trinajstić information content (AvgIpc) is 2.98. The summed E-state index contributed by atoms with van der Waals surface area (Å²) in [7, 11) is 0. The molecule has 0 aliphatic carbocycles. The largest absolute Gasteiger partial charge is 0.398 e. The van der Waals surface area contributed by atoms with Crippen LogP contribution in [-0.2, 0) is 6.54 Å². The molecular weight excluding hydrogens is 324 g/mol. The van der Waals surface area contributed by atoms with Gasteiger partial charge < -0.3 is 10.6 Å². The molecule has 1 aliphatic rings. The molecule has 26 heavy (non-hydrogen) atoms. The molecule has 0 saturated carbocycles. The van der Waals surface area contributed by atoms with Gasteiger partial charge in [-0.3, -0.25) is 9.78 Å². The number of pyridine rings is 1. The zero-order chi connectivity index (χ0) is 18.3. The Morgan fingerprint density at radius 1 is 1.31 bits per heavy atom. The Morgan fingerprint density at radius 3 is 2.96 bits per heavy atom. The van der Waals surface area contributed by atoms with Crippen LogP contribution in [0.15, 0.2) is 60.8 Å². The van der Waals surface area contributed by atoms with Gasteiger partial charge in [0.2, 0.25) is 0 Å². The van der Waals surface area contributed by atoms with Crippen molar-refractivity contribution in [2.45, 2.75) is 6.54 Å². The summed E-state index contributed by atoms with van der Waals surface area (Å²) in [5.74, 6) is -0.158. The number of anilines is 1. The van der Waals surface area contributed by atoms with Gasteiger partial charge in [-0.1, -0.05) is 30.8 Å². The lowest BCUT2D eigenvalue weighted by molar-refractivity contribution is 0.0795. The Bertz CT molecular complexity index is 1110. The molecule has 126 valence electrons. The number of nitriles is 1. The van der Waals surface area contributed by atoms with Crippen LogP contribution in [0.3, 0.4) is 0 Å². The lowest BCUT2D eigenvalue weighted by Gasteiger charge is -2.14. The third-order valence-corrected chi connectivity index (χ3v) is 4.65. The topological polar surface area (TPSA) is 83.0 Å². The van der Waals surface area contributed by atoms with E-state index in [0.29, 0.717) is 23.4 Å². The first-order valence-electron chi connectivity index (χ1n) is 8.22. The summed E-state index contributed by atoms with van der Waals surface area (Å²) in [5.41, 5.74) is 11.1. The molecule has 0 radical (unpaired) electrons. The Morgan fingerprint density at radius 2 is 2.15 bits per heavy atom. The van der Waals surface area contributed by atoms with Gasteiger partial charge in [0.05, 0.1) is 23.7 Å². The number of benzene rings is 2. The van der Waals surface area contributed by atoms with Gasteiger partial charge in [0.15, 0.2) is 0 Å². The molecule has 5 nitrogen and oxygen atoms in total. The van der Waals surface area contributed by atoms with E-state index in [1.165, 1.54) is 0 Å². The SMILES string of the molecule is C=C(C#N)CN1Cc2c(-c3ccc4cccnc4c3)ccc(N)c2C1=O. The Balaban J connectivity index is 1.82. The van der Waals surface area contributed by atoms with Gasteiger partial charge in [-0.2, -0.15) is 5.26 Å². The molecular formula is C21H16N4O. The summed E-state index contributed by atoms with van der Waals surface area (Å²) >= 11 is 0. The van der Waals surface area contributed by atoms with E-state index in [9.17, 15) is 4.79 Å². The van der Waals surface area contributed by atoms with Gasteiger partial charge in [-0.15, -0.1) is 0 Å². The minimum atomic E-state index is -0.158. The van der Waals surface area contributed by atoms with Crippen LogP contribution in [0.5, 0.6) is 0 Å². The van der Waals surface area contributed by atoms with Gasteiger partial charge >= 0.3 is 0 Å². The van der Waals surface area contributed by atoms with Crippen molar-refractivity contribution >= 4 is 22.5 Å². The maximum atomic E-state index is 12.7. The minimum absolute atomic E-state index is 0.158. The highest BCUT2D eigenvalue weighted by atomic mass is 16.2. The van der Waals surface area contributed by atoms with E-state index in [0.717, 1.165) is 27.6 Å².